The number of hydrogen-bond acceptors (Lipinski definition) is 10. The van der Waals surface area contributed by atoms with Crippen LogP contribution in [0, 0.1) is 17.3 Å². The molecule has 3 aromatic rings. The van der Waals surface area contributed by atoms with E-state index >= 15 is 0 Å². The summed E-state index contributed by atoms with van der Waals surface area (Å²) in [6.07, 6.45) is 8.54. The van der Waals surface area contributed by atoms with Gasteiger partial charge >= 0.3 is 0 Å². The zero-order valence-corrected chi connectivity index (χ0v) is 31.8. The number of ether oxygens (including phenoxy) is 1. The van der Waals surface area contributed by atoms with Crippen LogP contribution in [0.1, 0.15) is 85.0 Å². The molecule has 0 radical (unpaired) electrons. The minimum atomic E-state index is -1.14. The molecular formula is C39H50ClN7O7. The zero-order chi connectivity index (χ0) is 38.6. The highest BCUT2D eigenvalue weighted by molar-refractivity contribution is 6.37. The number of anilines is 1. The van der Waals surface area contributed by atoms with Crippen molar-refractivity contribution in [1.82, 2.24) is 25.5 Å². The fraction of sp³-hybridized carbons (Fsp3) is 0.564. The van der Waals surface area contributed by atoms with Crippen molar-refractivity contribution in [3.63, 3.8) is 0 Å². The number of benzene rings is 1. The quantitative estimate of drug-likeness (QED) is 0.169. The van der Waals surface area contributed by atoms with Crippen LogP contribution in [0.15, 0.2) is 47.0 Å². The Labute approximate surface area is 319 Å². The monoisotopic (exact) mass is 763 g/mol. The van der Waals surface area contributed by atoms with E-state index in [1.54, 1.807) is 18.2 Å². The fourth-order valence-electron chi connectivity index (χ4n) is 7.69. The molecule has 15 heteroatoms. The number of carbonyl (C=O) groups excluding carboxylic acids is 5. The average molecular weight is 764 g/mol. The van der Waals surface area contributed by atoms with Crippen molar-refractivity contribution >= 4 is 58.1 Å². The van der Waals surface area contributed by atoms with Crippen LogP contribution in [0.4, 0.5) is 6.01 Å². The SMILES string of the molecule is CC(C)(C)[C@@H](NC(=O)C(Nc1nc2ccccc2o1)C1CCCCC1)C(=O)N1CC(Oc2ccc(Cl)cn2)C[C@@H]1C(=O)NC(CC1CCC1)C(=O)C(N)=O. The van der Waals surface area contributed by atoms with Gasteiger partial charge < -0.3 is 35.7 Å². The first kappa shape index (κ1) is 39.0. The van der Waals surface area contributed by atoms with Crippen molar-refractivity contribution in [3.05, 3.63) is 47.6 Å². The van der Waals surface area contributed by atoms with Crippen LogP contribution in [0.3, 0.4) is 0 Å². The molecular weight excluding hydrogens is 714 g/mol. The van der Waals surface area contributed by atoms with E-state index in [1.165, 1.54) is 11.1 Å². The van der Waals surface area contributed by atoms with E-state index in [2.05, 4.69) is 25.9 Å². The molecule has 2 saturated carbocycles. The Morgan fingerprint density at radius 3 is 2.37 bits per heavy atom. The van der Waals surface area contributed by atoms with Gasteiger partial charge in [-0.3, -0.25) is 24.0 Å². The van der Waals surface area contributed by atoms with E-state index in [1.807, 2.05) is 39.0 Å². The third kappa shape index (κ3) is 9.31. The highest BCUT2D eigenvalue weighted by Crippen LogP contribution is 2.33. The summed E-state index contributed by atoms with van der Waals surface area (Å²) in [5.41, 5.74) is 5.82. The van der Waals surface area contributed by atoms with Crippen molar-refractivity contribution in [1.29, 1.82) is 0 Å². The van der Waals surface area contributed by atoms with Crippen LogP contribution in [-0.2, 0) is 24.0 Å². The second-order valence-corrected chi connectivity index (χ2v) is 16.4. The topological polar surface area (TPSA) is 199 Å². The van der Waals surface area contributed by atoms with E-state index in [4.69, 9.17) is 26.5 Å². The van der Waals surface area contributed by atoms with Crippen molar-refractivity contribution in [2.45, 2.75) is 115 Å². The predicted molar refractivity (Wildman–Crippen MR) is 201 cm³/mol. The number of nitrogens with zero attached hydrogens (tertiary/aromatic N) is 3. The predicted octanol–water partition coefficient (Wildman–Crippen LogP) is 4.55. The number of nitrogens with two attached hydrogens (primary N) is 1. The summed E-state index contributed by atoms with van der Waals surface area (Å²) >= 11 is 6.03. The minimum absolute atomic E-state index is 0.00601. The van der Waals surface area contributed by atoms with Crippen LogP contribution in [-0.4, -0.2) is 81.1 Å². The standard InChI is InChI=1S/C39H50ClN7O7/c1-39(2,3)33(46-36(51)31(23-12-5-4-6-13-23)45-38-44-26-14-7-8-15-29(26)54-38)37(52)47-21-25(53-30-17-16-24(40)20-42-30)19-28(47)35(50)43-27(32(48)34(41)49)18-22-10-9-11-22/h7-8,14-17,20,22-23,25,27-28,31,33H,4-6,9-13,18-19,21H2,1-3H3,(H2,41,49)(H,43,50)(H,44,45)(H,46,51)/t25?,27?,28-,31?,33+/m1/s1. The smallest absolute Gasteiger partial charge is 0.296 e. The number of para-hydroxylation sites is 2. The number of amides is 4. The Hall–Kier alpha value is -4.72. The average Bonchev–Trinajstić information content (AvgIpc) is 3.74. The van der Waals surface area contributed by atoms with E-state index in [0.29, 0.717) is 16.1 Å². The lowest BCUT2D eigenvalue weighted by Gasteiger charge is -2.37. The van der Waals surface area contributed by atoms with Gasteiger partial charge in [-0.2, -0.15) is 4.98 Å². The molecule has 2 aliphatic carbocycles. The van der Waals surface area contributed by atoms with Gasteiger partial charge in [0.05, 0.1) is 17.6 Å². The summed E-state index contributed by atoms with van der Waals surface area (Å²) in [5, 5.41) is 9.47. The molecule has 1 aliphatic heterocycles. The first-order chi connectivity index (χ1) is 25.8. The van der Waals surface area contributed by atoms with Gasteiger partial charge in [-0.25, -0.2) is 4.98 Å². The Kier molecular flexibility index (Phi) is 12.1. The summed E-state index contributed by atoms with van der Waals surface area (Å²) in [7, 11) is 0. The van der Waals surface area contributed by atoms with Crippen LogP contribution >= 0.6 is 11.6 Å². The first-order valence-corrected chi connectivity index (χ1v) is 19.3. The molecule has 0 bridgehead atoms. The largest absolute Gasteiger partial charge is 0.472 e. The summed E-state index contributed by atoms with van der Waals surface area (Å²) in [6.45, 7) is 5.53. The number of carbonyl (C=O) groups is 5. The van der Waals surface area contributed by atoms with Gasteiger partial charge in [0, 0.05) is 18.7 Å². The number of ketones is 1. The number of nitrogens with one attached hydrogen (secondary N) is 3. The van der Waals surface area contributed by atoms with Gasteiger partial charge in [0.2, 0.25) is 29.4 Å². The number of pyridine rings is 1. The number of Topliss-reactive ketones (excluding diaryl/α,β-unsaturated/α-hetero) is 1. The number of aromatic nitrogens is 2. The fourth-order valence-corrected chi connectivity index (χ4v) is 7.80. The van der Waals surface area contributed by atoms with Crippen LogP contribution in [0.5, 0.6) is 5.88 Å². The summed E-state index contributed by atoms with van der Waals surface area (Å²) in [5.74, 6) is -3.12. The normalized spacial score (nSPS) is 21.1. The molecule has 4 amide bonds. The Morgan fingerprint density at radius 1 is 1.00 bits per heavy atom. The van der Waals surface area contributed by atoms with Gasteiger partial charge in [0.1, 0.15) is 29.7 Å². The van der Waals surface area contributed by atoms with Gasteiger partial charge in [-0.15, -0.1) is 0 Å². The van der Waals surface area contributed by atoms with Crippen molar-refractivity contribution in [3.8, 4) is 5.88 Å². The molecule has 3 unspecified atom stereocenters. The maximum atomic E-state index is 14.8. The molecule has 3 fully saturated rings. The number of likely N-dealkylation sites (tertiary alicyclic amines) is 1. The Bertz CT molecular complexity index is 1800. The molecule has 0 spiro atoms. The van der Waals surface area contributed by atoms with Gasteiger partial charge in [0.15, 0.2) is 5.58 Å². The maximum absolute atomic E-state index is 14.8. The maximum Gasteiger partial charge on any atom is 0.296 e. The lowest BCUT2D eigenvalue weighted by Crippen LogP contribution is -2.61. The molecule has 6 rings (SSSR count). The lowest BCUT2D eigenvalue weighted by molar-refractivity contribution is -0.145. The third-order valence-corrected chi connectivity index (χ3v) is 11.1. The van der Waals surface area contributed by atoms with E-state index in [9.17, 15) is 24.0 Å². The van der Waals surface area contributed by atoms with Crippen LogP contribution in [0.25, 0.3) is 11.1 Å². The van der Waals surface area contributed by atoms with Gasteiger partial charge in [-0.05, 0) is 54.7 Å². The highest BCUT2D eigenvalue weighted by atomic mass is 35.5. The van der Waals surface area contributed by atoms with Crippen molar-refractivity contribution in [2.75, 3.05) is 11.9 Å². The van der Waals surface area contributed by atoms with Gasteiger partial charge in [-0.1, -0.05) is 83.0 Å². The van der Waals surface area contributed by atoms with Crippen LogP contribution in [0.2, 0.25) is 5.02 Å². The number of primary amides is 1. The second-order valence-electron chi connectivity index (χ2n) is 15.9. The van der Waals surface area contributed by atoms with E-state index < -0.39 is 59.2 Å². The molecule has 1 aromatic carbocycles. The molecule has 5 N–H and O–H groups in total. The zero-order valence-electron chi connectivity index (χ0n) is 31.0. The van der Waals surface area contributed by atoms with Crippen LogP contribution < -0.4 is 26.4 Å². The molecule has 3 aliphatic rings. The summed E-state index contributed by atoms with van der Waals surface area (Å²) in [4.78, 5) is 78.3. The first-order valence-electron chi connectivity index (χ1n) is 18.9. The molecule has 2 aromatic heterocycles. The lowest BCUT2D eigenvalue weighted by atomic mass is 9.80. The van der Waals surface area contributed by atoms with E-state index in [0.717, 1.165) is 51.4 Å². The third-order valence-electron chi connectivity index (χ3n) is 10.9. The summed E-state index contributed by atoms with van der Waals surface area (Å²) < 4.78 is 12.1. The molecule has 54 heavy (non-hydrogen) atoms. The van der Waals surface area contributed by atoms with Crippen molar-refractivity contribution < 1.29 is 33.1 Å². The van der Waals surface area contributed by atoms with E-state index in [-0.39, 0.29) is 49.0 Å². The summed E-state index contributed by atoms with van der Waals surface area (Å²) in [6, 6.07) is 6.75. The Morgan fingerprint density at radius 2 is 1.74 bits per heavy atom. The van der Waals surface area contributed by atoms with Crippen molar-refractivity contribution in [2.24, 2.45) is 23.0 Å². The molecule has 5 atom stereocenters. The Balaban J connectivity index is 1.26. The molecule has 3 heterocycles. The number of hydrogen-bond donors (Lipinski definition) is 4. The van der Waals surface area contributed by atoms with Gasteiger partial charge in [0.25, 0.3) is 11.9 Å². The molecule has 290 valence electrons. The number of fused-ring (bicyclic) bond motifs is 1. The molecule has 14 nitrogen and oxygen atoms in total. The highest BCUT2D eigenvalue weighted by Gasteiger charge is 2.47. The number of rotatable bonds is 14. The molecule has 1 saturated heterocycles. The number of halogens is 1. The number of oxazole rings is 1. The minimum Gasteiger partial charge on any atom is -0.472 e. The second kappa shape index (κ2) is 16.7.